The fraction of sp³-hybridized carbons (Fsp3) is 0.263. The lowest BCUT2D eigenvalue weighted by molar-refractivity contribution is 0.0303. The lowest BCUT2D eigenvalue weighted by atomic mass is 10.1. The second kappa shape index (κ2) is 8.60. The first-order chi connectivity index (χ1) is 12.2. The second-order valence-corrected chi connectivity index (χ2v) is 6.18. The zero-order valence-corrected chi connectivity index (χ0v) is 14.7. The molecule has 1 aliphatic rings. The smallest absolute Gasteiger partial charge is 0.254 e. The van der Waals surface area contributed by atoms with Crippen LogP contribution in [-0.2, 0) is 11.3 Å². The van der Waals surface area contributed by atoms with Gasteiger partial charge in [0, 0.05) is 30.9 Å². The van der Waals surface area contributed by atoms with Gasteiger partial charge in [0.1, 0.15) is 0 Å². The highest BCUT2D eigenvalue weighted by Crippen LogP contribution is 2.12. The maximum atomic E-state index is 12.4. The van der Waals surface area contributed by atoms with E-state index in [1.54, 1.807) is 0 Å². The minimum Gasteiger partial charge on any atom is -0.378 e. The number of amides is 1. The number of anilines is 1. The van der Waals surface area contributed by atoms with Crippen LogP contribution < -0.4 is 10.6 Å². The van der Waals surface area contributed by atoms with Gasteiger partial charge >= 0.3 is 0 Å². The third-order valence-electron chi connectivity index (χ3n) is 3.98. The number of carbonyl (C=O) groups is 1. The van der Waals surface area contributed by atoms with E-state index in [2.05, 4.69) is 10.6 Å². The third-order valence-corrected chi connectivity index (χ3v) is 4.23. The highest BCUT2D eigenvalue weighted by molar-refractivity contribution is 7.80. The summed E-state index contributed by atoms with van der Waals surface area (Å²) < 4.78 is 5.28. The number of benzene rings is 2. The molecule has 0 spiro atoms. The van der Waals surface area contributed by atoms with Gasteiger partial charge in [-0.15, -0.1) is 0 Å². The third kappa shape index (κ3) is 5.01. The summed E-state index contributed by atoms with van der Waals surface area (Å²) >= 11 is 5.31. The molecule has 0 unspecified atom stereocenters. The highest BCUT2D eigenvalue weighted by Gasteiger charge is 2.18. The van der Waals surface area contributed by atoms with Gasteiger partial charge in [-0.1, -0.05) is 30.3 Å². The Morgan fingerprint density at radius 2 is 1.72 bits per heavy atom. The molecule has 1 aliphatic heterocycles. The molecule has 1 heterocycles. The maximum absolute atomic E-state index is 12.4. The lowest BCUT2D eigenvalue weighted by Gasteiger charge is -2.26. The van der Waals surface area contributed by atoms with Crippen LogP contribution in [0.2, 0.25) is 0 Å². The van der Waals surface area contributed by atoms with Crippen molar-refractivity contribution in [1.29, 1.82) is 0 Å². The number of carbonyl (C=O) groups excluding carboxylic acids is 1. The summed E-state index contributed by atoms with van der Waals surface area (Å²) in [5.74, 6) is 0.0413. The molecule has 2 aromatic rings. The van der Waals surface area contributed by atoms with E-state index in [9.17, 15) is 4.79 Å². The lowest BCUT2D eigenvalue weighted by Crippen LogP contribution is -2.40. The second-order valence-electron chi connectivity index (χ2n) is 5.78. The van der Waals surface area contributed by atoms with Crippen LogP contribution >= 0.6 is 12.2 Å². The Kier molecular flexibility index (Phi) is 5.98. The predicted molar refractivity (Wildman–Crippen MR) is 103 cm³/mol. The quantitative estimate of drug-likeness (QED) is 0.826. The number of hydrogen-bond acceptors (Lipinski definition) is 3. The van der Waals surface area contributed by atoms with E-state index in [1.165, 1.54) is 0 Å². The fourth-order valence-electron chi connectivity index (χ4n) is 2.60. The van der Waals surface area contributed by atoms with E-state index in [0.29, 0.717) is 43.5 Å². The maximum Gasteiger partial charge on any atom is 0.254 e. The Morgan fingerprint density at radius 1 is 1.04 bits per heavy atom. The van der Waals surface area contributed by atoms with Gasteiger partial charge in [-0.2, -0.15) is 0 Å². The number of nitrogens with one attached hydrogen (secondary N) is 2. The summed E-state index contributed by atoms with van der Waals surface area (Å²) in [5.41, 5.74) is 2.69. The molecule has 0 atom stereocenters. The molecule has 2 aromatic carbocycles. The minimum absolute atomic E-state index is 0.0413. The van der Waals surface area contributed by atoms with Crippen LogP contribution in [0.15, 0.2) is 54.6 Å². The zero-order valence-electron chi connectivity index (χ0n) is 13.9. The van der Waals surface area contributed by atoms with Gasteiger partial charge in [-0.3, -0.25) is 4.79 Å². The molecule has 0 aliphatic carbocycles. The van der Waals surface area contributed by atoms with Crippen molar-refractivity contribution in [3.05, 3.63) is 65.7 Å². The normalized spacial score (nSPS) is 14.0. The van der Waals surface area contributed by atoms with Gasteiger partial charge in [-0.05, 0) is 42.0 Å². The summed E-state index contributed by atoms with van der Waals surface area (Å²) in [6, 6.07) is 17.4. The van der Waals surface area contributed by atoms with Crippen LogP contribution in [0.1, 0.15) is 15.9 Å². The predicted octanol–water partition coefficient (Wildman–Crippen LogP) is 2.65. The molecule has 0 aromatic heterocycles. The van der Waals surface area contributed by atoms with E-state index in [1.807, 2.05) is 59.5 Å². The summed E-state index contributed by atoms with van der Waals surface area (Å²) in [6.45, 7) is 3.17. The molecular weight excluding hydrogens is 334 g/mol. The molecule has 1 saturated heterocycles. The van der Waals surface area contributed by atoms with E-state index in [-0.39, 0.29) is 5.91 Å². The van der Waals surface area contributed by atoms with Crippen molar-refractivity contribution in [1.82, 2.24) is 10.2 Å². The van der Waals surface area contributed by atoms with Crippen LogP contribution in [0, 0.1) is 0 Å². The molecule has 2 N–H and O–H groups in total. The summed E-state index contributed by atoms with van der Waals surface area (Å²) in [7, 11) is 0. The number of nitrogens with zero attached hydrogens (tertiary/aromatic N) is 1. The fourth-order valence-corrected chi connectivity index (χ4v) is 2.79. The van der Waals surface area contributed by atoms with Crippen molar-refractivity contribution in [2.75, 3.05) is 31.6 Å². The Hall–Kier alpha value is -2.44. The summed E-state index contributed by atoms with van der Waals surface area (Å²) in [5, 5.41) is 6.85. The Balaban J connectivity index is 1.51. The molecular formula is C19H21N3O2S. The van der Waals surface area contributed by atoms with Gasteiger partial charge in [0.15, 0.2) is 5.11 Å². The molecule has 0 radical (unpaired) electrons. The average Bonchev–Trinajstić information content (AvgIpc) is 2.68. The van der Waals surface area contributed by atoms with Crippen molar-refractivity contribution in [2.45, 2.75) is 6.54 Å². The van der Waals surface area contributed by atoms with Crippen LogP contribution in [0.5, 0.6) is 0 Å². The number of ether oxygens (including phenoxy) is 1. The van der Waals surface area contributed by atoms with Crippen molar-refractivity contribution in [2.24, 2.45) is 0 Å². The van der Waals surface area contributed by atoms with Gasteiger partial charge < -0.3 is 20.3 Å². The molecule has 1 fully saturated rings. The first-order valence-electron chi connectivity index (χ1n) is 8.28. The monoisotopic (exact) mass is 355 g/mol. The Bertz CT molecular complexity index is 713. The van der Waals surface area contributed by atoms with E-state index >= 15 is 0 Å². The van der Waals surface area contributed by atoms with E-state index in [4.69, 9.17) is 17.0 Å². The van der Waals surface area contributed by atoms with Crippen LogP contribution in [-0.4, -0.2) is 42.2 Å². The summed E-state index contributed by atoms with van der Waals surface area (Å²) in [6.07, 6.45) is 0. The van der Waals surface area contributed by atoms with Gasteiger partial charge in [0.2, 0.25) is 0 Å². The minimum atomic E-state index is 0.0413. The molecule has 1 amide bonds. The molecule has 25 heavy (non-hydrogen) atoms. The van der Waals surface area contributed by atoms with Crippen LogP contribution in [0.3, 0.4) is 0 Å². The topological polar surface area (TPSA) is 53.6 Å². The standard InChI is InChI=1S/C19H21N3O2S/c23-18(22-10-12-24-13-11-22)16-6-8-17(9-7-16)21-19(25)20-14-15-4-2-1-3-5-15/h1-9H,10-14H2,(H2,20,21,25). The molecule has 130 valence electrons. The van der Waals surface area contributed by atoms with E-state index < -0.39 is 0 Å². The molecule has 0 bridgehead atoms. The average molecular weight is 355 g/mol. The number of morpholine rings is 1. The van der Waals surface area contributed by atoms with Crippen LogP contribution in [0.4, 0.5) is 5.69 Å². The van der Waals surface area contributed by atoms with Gasteiger partial charge in [-0.25, -0.2) is 0 Å². The highest BCUT2D eigenvalue weighted by atomic mass is 32.1. The van der Waals surface area contributed by atoms with E-state index in [0.717, 1.165) is 11.3 Å². The number of thiocarbonyl (C=S) groups is 1. The summed E-state index contributed by atoms with van der Waals surface area (Å²) in [4.78, 5) is 14.2. The Labute approximate surface area is 153 Å². The van der Waals surface area contributed by atoms with Gasteiger partial charge in [0.05, 0.1) is 13.2 Å². The molecule has 6 heteroatoms. The SMILES string of the molecule is O=C(c1ccc(NC(=S)NCc2ccccc2)cc1)N1CCOCC1. The first-order valence-corrected chi connectivity index (χ1v) is 8.69. The first kappa shape index (κ1) is 17.4. The van der Waals surface area contributed by atoms with Crippen molar-refractivity contribution in [3.63, 3.8) is 0 Å². The van der Waals surface area contributed by atoms with Crippen molar-refractivity contribution >= 4 is 28.9 Å². The molecule has 3 rings (SSSR count). The number of hydrogen-bond donors (Lipinski definition) is 2. The van der Waals surface area contributed by atoms with Crippen molar-refractivity contribution in [3.8, 4) is 0 Å². The molecule has 5 nitrogen and oxygen atoms in total. The number of rotatable bonds is 4. The Morgan fingerprint density at radius 3 is 2.40 bits per heavy atom. The van der Waals surface area contributed by atoms with Gasteiger partial charge in [0.25, 0.3) is 5.91 Å². The molecule has 0 saturated carbocycles. The zero-order chi connectivity index (χ0) is 17.5. The van der Waals surface area contributed by atoms with Crippen molar-refractivity contribution < 1.29 is 9.53 Å². The largest absolute Gasteiger partial charge is 0.378 e. The van der Waals surface area contributed by atoms with Crippen LogP contribution in [0.25, 0.3) is 0 Å².